The summed E-state index contributed by atoms with van der Waals surface area (Å²) in [6.45, 7) is 7.04. The third kappa shape index (κ3) is 3.38. The molecule has 2 unspecified atom stereocenters. The number of aromatic nitrogens is 1. The molecule has 1 aromatic rings. The molecule has 2 aliphatic rings. The zero-order valence-corrected chi connectivity index (χ0v) is 13.2. The van der Waals surface area contributed by atoms with E-state index in [1.165, 1.54) is 31.2 Å². The largest absolute Gasteiger partial charge is 0.374 e. The maximum atomic E-state index is 5.99. The first kappa shape index (κ1) is 14.8. The molecule has 0 bridgehead atoms. The van der Waals surface area contributed by atoms with E-state index < -0.39 is 0 Å². The van der Waals surface area contributed by atoms with Gasteiger partial charge in [0.05, 0.1) is 18.8 Å². The fourth-order valence-corrected chi connectivity index (χ4v) is 3.50. The molecule has 1 aliphatic carbocycles. The highest BCUT2D eigenvalue weighted by Gasteiger charge is 2.35. The number of fused-ring (bicyclic) bond motifs is 1. The van der Waals surface area contributed by atoms with Gasteiger partial charge in [-0.05, 0) is 18.9 Å². The number of morpholine rings is 1. The van der Waals surface area contributed by atoms with Crippen molar-refractivity contribution in [1.82, 2.24) is 10.3 Å². The molecule has 4 heteroatoms. The van der Waals surface area contributed by atoms with Gasteiger partial charge in [-0.3, -0.25) is 0 Å². The number of hydrogen-bond donors (Lipinski definition) is 1. The van der Waals surface area contributed by atoms with Crippen LogP contribution in [0.25, 0.3) is 0 Å². The van der Waals surface area contributed by atoms with Crippen LogP contribution in [0.2, 0.25) is 0 Å². The molecule has 1 aromatic heterocycles. The average Bonchev–Trinajstić information content (AvgIpc) is 2.53. The number of ether oxygens (including phenoxy) is 1. The normalized spacial score (nSPS) is 26.0. The quantitative estimate of drug-likeness (QED) is 0.925. The van der Waals surface area contributed by atoms with Gasteiger partial charge >= 0.3 is 0 Å². The number of pyridine rings is 1. The highest BCUT2D eigenvalue weighted by Crippen LogP contribution is 2.32. The van der Waals surface area contributed by atoms with Gasteiger partial charge in [-0.15, -0.1) is 0 Å². The van der Waals surface area contributed by atoms with Gasteiger partial charge < -0.3 is 15.0 Å². The molecule has 0 amide bonds. The molecule has 2 heterocycles. The van der Waals surface area contributed by atoms with Crippen molar-refractivity contribution in [1.29, 1.82) is 0 Å². The van der Waals surface area contributed by atoms with Crippen LogP contribution in [0, 0.1) is 0 Å². The first-order valence-corrected chi connectivity index (χ1v) is 8.31. The first-order valence-electron chi connectivity index (χ1n) is 8.31. The summed E-state index contributed by atoms with van der Waals surface area (Å²) in [6.07, 6.45) is 7.38. The fourth-order valence-electron chi connectivity index (χ4n) is 3.50. The molecule has 2 fully saturated rings. The molecule has 1 N–H and O–H groups in total. The molecule has 1 saturated heterocycles. The summed E-state index contributed by atoms with van der Waals surface area (Å²) in [4.78, 5) is 7.21. The van der Waals surface area contributed by atoms with Crippen molar-refractivity contribution in [2.24, 2.45) is 0 Å². The van der Waals surface area contributed by atoms with E-state index in [-0.39, 0.29) is 0 Å². The summed E-state index contributed by atoms with van der Waals surface area (Å²) in [5.41, 5.74) is 1.30. The Morgan fingerprint density at radius 3 is 3.10 bits per heavy atom. The molecule has 116 valence electrons. The van der Waals surface area contributed by atoms with Crippen LogP contribution in [0.5, 0.6) is 0 Å². The maximum Gasteiger partial charge on any atom is 0.133 e. The van der Waals surface area contributed by atoms with E-state index in [1.807, 2.05) is 12.3 Å². The minimum Gasteiger partial charge on any atom is -0.374 e. The van der Waals surface area contributed by atoms with Gasteiger partial charge in [0.25, 0.3) is 0 Å². The number of hydrogen-bond acceptors (Lipinski definition) is 4. The predicted molar refractivity (Wildman–Crippen MR) is 85.6 cm³/mol. The number of nitrogens with one attached hydrogen (secondary N) is 1. The standard InChI is InChI=1S/C17H27N3O/c1-13(2)19-12-14-6-5-9-18-17(14)20-10-11-21-16-8-4-3-7-15(16)20/h5-6,9,13,15-16,19H,3-4,7-8,10-12H2,1-2H3. The van der Waals surface area contributed by atoms with Crippen LogP contribution in [0.4, 0.5) is 5.82 Å². The zero-order chi connectivity index (χ0) is 14.7. The number of rotatable bonds is 4. The van der Waals surface area contributed by atoms with E-state index in [2.05, 4.69) is 30.1 Å². The minimum atomic E-state index is 0.403. The van der Waals surface area contributed by atoms with Crippen molar-refractivity contribution >= 4 is 5.82 Å². The molecule has 3 rings (SSSR count). The van der Waals surface area contributed by atoms with E-state index in [0.29, 0.717) is 18.2 Å². The molecule has 1 saturated carbocycles. The van der Waals surface area contributed by atoms with Gasteiger partial charge in [-0.1, -0.05) is 32.8 Å². The van der Waals surface area contributed by atoms with E-state index >= 15 is 0 Å². The summed E-state index contributed by atoms with van der Waals surface area (Å²) >= 11 is 0. The van der Waals surface area contributed by atoms with E-state index in [9.17, 15) is 0 Å². The highest BCUT2D eigenvalue weighted by atomic mass is 16.5. The molecule has 2 atom stereocenters. The first-order chi connectivity index (χ1) is 10.3. The van der Waals surface area contributed by atoms with Crippen LogP contribution in [0.3, 0.4) is 0 Å². The molecule has 1 aliphatic heterocycles. The van der Waals surface area contributed by atoms with Crippen LogP contribution < -0.4 is 10.2 Å². The average molecular weight is 289 g/mol. The summed E-state index contributed by atoms with van der Waals surface area (Å²) in [5.74, 6) is 1.16. The van der Waals surface area contributed by atoms with Crippen molar-refractivity contribution < 1.29 is 4.74 Å². The number of nitrogens with zero attached hydrogens (tertiary/aromatic N) is 2. The lowest BCUT2D eigenvalue weighted by molar-refractivity contribution is -0.00905. The summed E-state index contributed by atoms with van der Waals surface area (Å²) in [7, 11) is 0. The molecule has 0 radical (unpaired) electrons. The van der Waals surface area contributed by atoms with Gasteiger partial charge in [0.15, 0.2) is 0 Å². The van der Waals surface area contributed by atoms with Crippen molar-refractivity contribution in [3.63, 3.8) is 0 Å². The van der Waals surface area contributed by atoms with Crippen molar-refractivity contribution in [2.45, 2.75) is 64.3 Å². The van der Waals surface area contributed by atoms with Gasteiger partial charge in [0.2, 0.25) is 0 Å². The van der Waals surface area contributed by atoms with E-state index in [1.54, 1.807) is 0 Å². The molecule has 0 spiro atoms. The van der Waals surface area contributed by atoms with Crippen LogP contribution >= 0.6 is 0 Å². The second-order valence-electron chi connectivity index (χ2n) is 6.48. The SMILES string of the molecule is CC(C)NCc1cccnc1N1CCOC2CCCCC21. The van der Waals surface area contributed by atoms with Gasteiger partial charge in [0.1, 0.15) is 5.82 Å². The minimum absolute atomic E-state index is 0.403. The van der Waals surface area contributed by atoms with Crippen molar-refractivity contribution in [2.75, 3.05) is 18.1 Å². The topological polar surface area (TPSA) is 37.4 Å². The Kier molecular flexibility index (Phi) is 4.76. The van der Waals surface area contributed by atoms with Crippen molar-refractivity contribution in [3.8, 4) is 0 Å². The Balaban J connectivity index is 1.81. The second-order valence-corrected chi connectivity index (χ2v) is 6.48. The van der Waals surface area contributed by atoms with E-state index in [4.69, 9.17) is 9.72 Å². The van der Waals surface area contributed by atoms with Gasteiger partial charge in [0, 0.05) is 30.9 Å². The Morgan fingerprint density at radius 2 is 2.24 bits per heavy atom. The summed E-state index contributed by atoms with van der Waals surface area (Å²) in [6, 6.07) is 5.25. The molecular weight excluding hydrogens is 262 g/mol. The molecule has 0 aromatic carbocycles. The van der Waals surface area contributed by atoms with Crippen LogP contribution in [0.1, 0.15) is 45.1 Å². The Labute approximate surface area is 127 Å². The van der Waals surface area contributed by atoms with Crippen molar-refractivity contribution in [3.05, 3.63) is 23.9 Å². The second kappa shape index (κ2) is 6.75. The van der Waals surface area contributed by atoms with Gasteiger partial charge in [-0.25, -0.2) is 4.98 Å². The van der Waals surface area contributed by atoms with Crippen LogP contribution in [-0.4, -0.2) is 36.3 Å². The third-order valence-corrected chi connectivity index (χ3v) is 4.57. The monoisotopic (exact) mass is 289 g/mol. The highest BCUT2D eigenvalue weighted by molar-refractivity contribution is 5.48. The smallest absolute Gasteiger partial charge is 0.133 e. The Morgan fingerprint density at radius 1 is 1.38 bits per heavy atom. The predicted octanol–water partition coefficient (Wildman–Crippen LogP) is 2.73. The maximum absolute atomic E-state index is 5.99. The fraction of sp³-hybridized carbons (Fsp3) is 0.706. The Hall–Kier alpha value is -1.13. The summed E-state index contributed by atoms with van der Waals surface area (Å²) < 4.78 is 5.99. The summed E-state index contributed by atoms with van der Waals surface area (Å²) in [5, 5.41) is 3.52. The molecule has 4 nitrogen and oxygen atoms in total. The van der Waals surface area contributed by atoms with Gasteiger partial charge in [-0.2, -0.15) is 0 Å². The number of anilines is 1. The zero-order valence-electron chi connectivity index (χ0n) is 13.2. The molecule has 21 heavy (non-hydrogen) atoms. The lowest BCUT2D eigenvalue weighted by atomic mass is 9.90. The lowest BCUT2D eigenvalue weighted by Gasteiger charge is -2.45. The third-order valence-electron chi connectivity index (χ3n) is 4.57. The van der Waals surface area contributed by atoms with E-state index in [0.717, 1.165) is 25.5 Å². The lowest BCUT2D eigenvalue weighted by Crippen LogP contribution is -2.53. The molecular formula is C17H27N3O. The van der Waals surface area contributed by atoms with Crippen LogP contribution in [0.15, 0.2) is 18.3 Å². The Bertz CT molecular complexity index is 461. The van der Waals surface area contributed by atoms with Crippen LogP contribution in [-0.2, 0) is 11.3 Å².